The lowest BCUT2D eigenvalue weighted by Crippen LogP contribution is -2.18. The molecule has 0 aromatic heterocycles. The maximum Gasteiger partial charge on any atom is 0.252 e. The van der Waals surface area contributed by atoms with Crippen LogP contribution < -0.4 is 5.32 Å². The van der Waals surface area contributed by atoms with Crippen LogP contribution in [0.25, 0.3) is 0 Å². The molecule has 1 N–H and O–H groups in total. The number of hydrogen-bond acceptors (Lipinski definition) is 1. The van der Waals surface area contributed by atoms with Crippen LogP contribution in [0.2, 0.25) is 5.02 Å². The third-order valence-corrected chi connectivity index (χ3v) is 1.72. The molecule has 0 fully saturated rings. The van der Waals surface area contributed by atoms with Crippen molar-refractivity contribution >= 4 is 17.5 Å². The average Bonchev–Trinajstić information content (AvgIpc) is 2.03. The summed E-state index contributed by atoms with van der Waals surface area (Å²) in [6.45, 7) is 0. The van der Waals surface area contributed by atoms with Crippen LogP contribution in [0.3, 0.4) is 0 Å². The van der Waals surface area contributed by atoms with E-state index in [1.807, 2.05) is 0 Å². The molecule has 0 aliphatic rings. The van der Waals surface area contributed by atoms with Crippen LogP contribution in [0.1, 0.15) is 10.4 Å². The minimum absolute atomic E-state index is 0.120. The first-order valence-electron chi connectivity index (χ1n) is 3.32. The molecule has 1 aromatic rings. The van der Waals surface area contributed by atoms with Gasteiger partial charge in [0.25, 0.3) is 5.91 Å². The molecule has 0 atom stereocenters. The Labute approximate surface area is 74.3 Å². The third-order valence-electron chi connectivity index (χ3n) is 1.40. The minimum atomic E-state index is -0.451. The van der Waals surface area contributed by atoms with Crippen molar-refractivity contribution < 1.29 is 9.18 Å². The van der Waals surface area contributed by atoms with Crippen LogP contribution >= 0.6 is 11.6 Å². The van der Waals surface area contributed by atoms with Crippen molar-refractivity contribution in [3.05, 3.63) is 34.6 Å². The summed E-state index contributed by atoms with van der Waals surface area (Å²) < 4.78 is 12.5. The van der Waals surface area contributed by atoms with Crippen LogP contribution in [0.15, 0.2) is 18.2 Å². The number of hydrogen-bond donors (Lipinski definition) is 1. The molecule has 0 aliphatic carbocycles. The highest BCUT2D eigenvalue weighted by molar-refractivity contribution is 6.33. The topological polar surface area (TPSA) is 29.1 Å². The molecule has 0 aliphatic heterocycles. The summed E-state index contributed by atoms with van der Waals surface area (Å²) in [5, 5.41) is 2.52. The van der Waals surface area contributed by atoms with E-state index in [4.69, 9.17) is 11.6 Å². The van der Waals surface area contributed by atoms with Gasteiger partial charge in [-0.05, 0) is 18.2 Å². The zero-order chi connectivity index (χ0) is 9.14. The molecule has 2 nitrogen and oxygen atoms in total. The highest BCUT2D eigenvalue weighted by atomic mass is 35.5. The molecule has 0 heterocycles. The molecule has 1 aromatic carbocycles. The van der Waals surface area contributed by atoms with Gasteiger partial charge in [-0.25, -0.2) is 4.39 Å². The molecular formula is C8H7ClFNO. The van der Waals surface area contributed by atoms with Gasteiger partial charge < -0.3 is 5.32 Å². The number of amides is 1. The fourth-order valence-corrected chi connectivity index (χ4v) is 1.06. The second-order valence-corrected chi connectivity index (χ2v) is 2.61. The summed E-state index contributed by atoms with van der Waals surface area (Å²) in [6, 6.07) is 3.64. The molecule has 0 bridgehead atoms. The van der Waals surface area contributed by atoms with Gasteiger partial charge in [-0.1, -0.05) is 11.6 Å². The second kappa shape index (κ2) is 3.54. The van der Waals surface area contributed by atoms with E-state index in [0.717, 1.165) is 6.07 Å². The van der Waals surface area contributed by atoms with Gasteiger partial charge in [0.05, 0.1) is 10.6 Å². The number of carbonyl (C=O) groups excluding carboxylic acids is 1. The molecular weight excluding hydrogens is 181 g/mol. The Kier molecular flexibility index (Phi) is 2.65. The normalized spacial score (nSPS) is 9.58. The fourth-order valence-electron chi connectivity index (χ4n) is 0.808. The first-order chi connectivity index (χ1) is 5.65. The molecule has 64 valence electrons. The second-order valence-electron chi connectivity index (χ2n) is 2.20. The van der Waals surface area contributed by atoms with Crippen LogP contribution in [-0.2, 0) is 0 Å². The van der Waals surface area contributed by atoms with Crippen LogP contribution in [0.4, 0.5) is 4.39 Å². The average molecular weight is 188 g/mol. The quantitative estimate of drug-likeness (QED) is 0.714. The zero-order valence-electron chi connectivity index (χ0n) is 6.40. The van der Waals surface area contributed by atoms with E-state index in [-0.39, 0.29) is 16.5 Å². The Morgan fingerprint density at radius 2 is 2.25 bits per heavy atom. The van der Waals surface area contributed by atoms with Gasteiger partial charge in [0, 0.05) is 7.05 Å². The number of halogens is 2. The van der Waals surface area contributed by atoms with Gasteiger partial charge in [-0.3, -0.25) is 4.79 Å². The lowest BCUT2D eigenvalue weighted by atomic mass is 10.2. The number of carbonyl (C=O) groups is 1. The molecule has 1 amide bonds. The first-order valence-corrected chi connectivity index (χ1v) is 3.70. The van der Waals surface area contributed by atoms with Gasteiger partial charge in [-0.2, -0.15) is 0 Å². The van der Waals surface area contributed by atoms with Crippen molar-refractivity contribution in [3.63, 3.8) is 0 Å². The van der Waals surface area contributed by atoms with Crippen LogP contribution in [0.5, 0.6) is 0 Å². The van der Waals surface area contributed by atoms with Crippen molar-refractivity contribution in [2.45, 2.75) is 0 Å². The van der Waals surface area contributed by atoms with Gasteiger partial charge in [0.2, 0.25) is 0 Å². The fraction of sp³-hybridized carbons (Fsp3) is 0.125. The van der Waals surface area contributed by atoms with Gasteiger partial charge >= 0.3 is 0 Å². The largest absolute Gasteiger partial charge is 0.355 e. The highest BCUT2D eigenvalue weighted by Gasteiger charge is 2.08. The lowest BCUT2D eigenvalue weighted by molar-refractivity contribution is 0.0963. The van der Waals surface area contributed by atoms with E-state index < -0.39 is 5.82 Å². The van der Waals surface area contributed by atoms with Crippen LogP contribution in [-0.4, -0.2) is 13.0 Å². The first kappa shape index (κ1) is 9.00. The SMILES string of the molecule is CNC(=O)c1ccc(F)cc1Cl. The molecule has 0 radical (unpaired) electrons. The molecule has 12 heavy (non-hydrogen) atoms. The van der Waals surface area contributed by atoms with Crippen molar-refractivity contribution in [1.82, 2.24) is 5.32 Å². The van der Waals surface area contributed by atoms with E-state index in [2.05, 4.69) is 5.32 Å². The molecule has 4 heteroatoms. The van der Waals surface area contributed by atoms with E-state index in [1.165, 1.54) is 19.2 Å². The summed E-state index contributed by atoms with van der Waals surface area (Å²) in [7, 11) is 1.49. The maximum absolute atomic E-state index is 12.5. The Morgan fingerprint density at radius 1 is 1.58 bits per heavy atom. The monoisotopic (exact) mass is 187 g/mol. The van der Waals surface area contributed by atoms with Gasteiger partial charge in [0.1, 0.15) is 5.82 Å². The number of rotatable bonds is 1. The summed E-state index contributed by atoms with van der Waals surface area (Å²) in [5.74, 6) is -0.771. The smallest absolute Gasteiger partial charge is 0.252 e. The molecule has 0 spiro atoms. The summed E-state index contributed by atoms with van der Waals surface area (Å²) in [6.07, 6.45) is 0. The maximum atomic E-state index is 12.5. The van der Waals surface area contributed by atoms with Crippen molar-refractivity contribution in [1.29, 1.82) is 0 Å². The Bertz CT molecular complexity index is 314. The van der Waals surface area contributed by atoms with Crippen molar-refractivity contribution in [2.75, 3.05) is 7.05 Å². The molecule has 0 saturated heterocycles. The van der Waals surface area contributed by atoms with Crippen molar-refractivity contribution in [3.8, 4) is 0 Å². The molecule has 0 unspecified atom stereocenters. The third kappa shape index (κ3) is 1.74. The van der Waals surface area contributed by atoms with E-state index in [0.29, 0.717) is 0 Å². The molecule has 1 rings (SSSR count). The predicted molar refractivity (Wildman–Crippen MR) is 44.8 cm³/mol. The Balaban J connectivity index is 3.09. The predicted octanol–water partition coefficient (Wildman–Crippen LogP) is 1.84. The minimum Gasteiger partial charge on any atom is -0.355 e. The van der Waals surface area contributed by atoms with Gasteiger partial charge in [0.15, 0.2) is 0 Å². The summed E-state index contributed by atoms with van der Waals surface area (Å²) in [5.41, 5.74) is 0.278. The number of benzene rings is 1. The Hall–Kier alpha value is -1.09. The Morgan fingerprint density at radius 3 is 2.75 bits per heavy atom. The van der Waals surface area contributed by atoms with E-state index in [1.54, 1.807) is 0 Å². The summed E-state index contributed by atoms with van der Waals surface area (Å²) in [4.78, 5) is 11.0. The molecule has 0 saturated carbocycles. The standard InChI is InChI=1S/C8H7ClFNO/c1-11-8(12)6-3-2-5(10)4-7(6)9/h2-4H,1H3,(H,11,12). The van der Waals surface area contributed by atoms with E-state index in [9.17, 15) is 9.18 Å². The summed E-state index contributed by atoms with van der Waals surface area (Å²) >= 11 is 5.60. The van der Waals surface area contributed by atoms with Crippen LogP contribution in [0, 0.1) is 5.82 Å². The zero-order valence-corrected chi connectivity index (χ0v) is 7.15. The number of nitrogens with one attached hydrogen (secondary N) is 1. The van der Waals surface area contributed by atoms with E-state index >= 15 is 0 Å². The highest BCUT2D eigenvalue weighted by Crippen LogP contribution is 2.16. The lowest BCUT2D eigenvalue weighted by Gasteiger charge is -2.01. The van der Waals surface area contributed by atoms with Gasteiger partial charge in [-0.15, -0.1) is 0 Å². The van der Waals surface area contributed by atoms with Crippen molar-refractivity contribution in [2.24, 2.45) is 0 Å².